The van der Waals surface area contributed by atoms with E-state index in [1.165, 1.54) is 0 Å². The Morgan fingerprint density at radius 1 is 1.63 bits per heavy atom. The molecule has 1 saturated heterocycles. The van der Waals surface area contributed by atoms with Crippen LogP contribution in [0.3, 0.4) is 0 Å². The van der Waals surface area contributed by atoms with Gasteiger partial charge in [0.15, 0.2) is 0 Å². The maximum Gasteiger partial charge on any atom is 0.136 e. The van der Waals surface area contributed by atoms with Gasteiger partial charge in [-0.1, -0.05) is 12.2 Å². The fraction of sp³-hybridized carbons (Fsp3) is 0.538. The summed E-state index contributed by atoms with van der Waals surface area (Å²) in [5.41, 5.74) is 7.09. The number of ether oxygens (including phenoxy) is 2. The number of aryl methyl sites for hydroxylation is 1. The molecule has 2 rings (SSSR count). The number of pyridine rings is 1. The highest BCUT2D eigenvalue weighted by molar-refractivity contribution is 7.80. The van der Waals surface area contributed by atoms with Gasteiger partial charge in [-0.25, -0.2) is 4.98 Å². The lowest BCUT2D eigenvalue weighted by atomic mass is 10.0. The zero-order chi connectivity index (χ0) is 13.9. The molecule has 1 atom stereocenters. The summed E-state index contributed by atoms with van der Waals surface area (Å²) in [4.78, 5) is 4.78. The number of nitrogens with two attached hydrogens (primary N) is 1. The van der Waals surface area contributed by atoms with Crippen LogP contribution in [-0.2, 0) is 9.47 Å². The smallest absolute Gasteiger partial charge is 0.136 e. The summed E-state index contributed by atoms with van der Waals surface area (Å²) in [5.74, 6) is 0.704. The Hall–Kier alpha value is -1.24. The minimum atomic E-state index is -0.293. The molecule has 1 aliphatic rings. The van der Waals surface area contributed by atoms with Gasteiger partial charge in [-0.15, -0.1) is 0 Å². The van der Waals surface area contributed by atoms with E-state index in [0.717, 1.165) is 24.3 Å². The monoisotopic (exact) mass is 281 g/mol. The van der Waals surface area contributed by atoms with Crippen LogP contribution < -0.4 is 11.1 Å². The first-order valence-electron chi connectivity index (χ1n) is 6.20. The molecule has 3 N–H and O–H groups in total. The van der Waals surface area contributed by atoms with E-state index in [1.807, 2.05) is 19.1 Å². The summed E-state index contributed by atoms with van der Waals surface area (Å²) in [6.07, 6.45) is 0.866. The number of nitrogens with one attached hydrogen (secondary N) is 1. The third-order valence-corrected chi connectivity index (χ3v) is 3.60. The second-order valence-electron chi connectivity index (χ2n) is 4.76. The van der Waals surface area contributed by atoms with Gasteiger partial charge in [-0.3, -0.25) is 0 Å². The standard InChI is InChI=1S/C13H19N3O2S/c1-9-3-4-10(11(14)19)12(16-9)15-7-13(17-2)5-6-18-8-13/h3-4H,5-8H2,1-2H3,(H2,14,19)(H,15,16). The van der Waals surface area contributed by atoms with E-state index in [4.69, 9.17) is 27.4 Å². The molecule has 0 saturated carbocycles. The molecule has 1 aromatic heterocycles. The summed E-state index contributed by atoms with van der Waals surface area (Å²) in [5, 5.41) is 3.29. The van der Waals surface area contributed by atoms with Crippen LogP contribution in [-0.4, -0.2) is 42.4 Å². The molecule has 1 aromatic rings. The van der Waals surface area contributed by atoms with Gasteiger partial charge < -0.3 is 20.5 Å². The van der Waals surface area contributed by atoms with E-state index in [0.29, 0.717) is 24.0 Å². The van der Waals surface area contributed by atoms with Crippen molar-refractivity contribution >= 4 is 23.0 Å². The summed E-state index contributed by atoms with van der Waals surface area (Å²) in [6.45, 7) is 3.86. The molecule has 19 heavy (non-hydrogen) atoms. The molecule has 1 aliphatic heterocycles. The zero-order valence-electron chi connectivity index (χ0n) is 11.2. The predicted molar refractivity (Wildman–Crippen MR) is 78.5 cm³/mol. The lowest BCUT2D eigenvalue weighted by Crippen LogP contribution is -2.40. The first-order valence-corrected chi connectivity index (χ1v) is 6.61. The lowest BCUT2D eigenvalue weighted by molar-refractivity contribution is -0.00625. The highest BCUT2D eigenvalue weighted by Gasteiger charge is 2.35. The molecule has 1 unspecified atom stereocenters. The normalized spacial score (nSPS) is 22.4. The van der Waals surface area contributed by atoms with Crippen LogP contribution >= 0.6 is 12.2 Å². The van der Waals surface area contributed by atoms with Gasteiger partial charge in [0, 0.05) is 32.4 Å². The zero-order valence-corrected chi connectivity index (χ0v) is 12.0. The van der Waals surface area contributed by atoms with E-state index in [2.05, 4.69) is 10.3 Å². The fourth-order valence-corrected chi connectivity index (χ4v) is 2.26. The number of aromatic nitrogens is 1. The second-order valence-corrected chi connectivity index (χ2v) is 5.20. The average Bonchev–Trinajstić information content (AvgIpc) is 2.85. The van der Waals surface area contributed by atoms with Crippen LogP contribution in [0.25, 0.3) is 0 Å². The van der Waals surface area contributed by atoms with Crippen molar-refractivity contribution in [2.75, 3.05) is 32.2 Å². The largest absolute Gasteiger partial charge is 0.389 e. The molecule has 0 aromatic carbocycles. The van der Waals surface area contributed by atoms with Crippen molar-refractivity contribution < 1.29 is 9.47 Å². The molecular formula is C13H19N3O2S. The lowest BCUT2D eigenvalue weighted by Gasteiger charge is -2.26. The summed E-state index contributed by atoms with van der Waals surface area (Å²) in [7, 11) is 1.70. The molecule has 2 heterocycles. The Bertz CT molecular complexity index is 473. The van der Waals surface area contributed by atoms with E-state index in [1.54, 1.807) is 7.11 Å². The first-order chi connectivity index (χ1) is 9.06. The van der Waals surface area contributed by atoms with Gasteiger partial charge in [0.2, 0.25) is 0 Å². The average molecular weight is 281 g/mol. The number of hydrogen-bond donors (Lipinski definition) is 2. The topological polar surface area (TPSA) is 69.4 Å². The summed E-state index contributed by atoms with van der Waals surface area (Å²) < 4.78 is 11.0. The minimum absolute atomic E-state index is 0.293. The van der Waals surface area contributed by atoms with Crippen LogP contribution in [0.5, 0.6) is 0 Å². The third-order valence-electron chi connectivity index (χ3n) is 3.38. The highest BCUT2D eigenvalue weighted by Crippen LogP contribution is 2.23. The molecule has 6 heteroatoms. The van der Waals surface area contributed by atoms with E-state index in [-0.39, 0.29) is 5.60 Å². The Labute approximate surface area is 118 Å². The van der Waals surface area contributed by atoms with Crippen molar-refractivity contribution in [1.82, 2.24) is 4.98 Å². The maximum absolute atomic E-state index is 5.71. The molecule has 0 amide bonds. The molecule has 0 aliphatic carbocycles. The number of methoxy groups -OCH3 is 1. The predicted octanol–water partition coefficient (Wildman–Crippen LogP) is 1.24. The van der Waals surface area contributed by atoms with Crippen molar-refractivity contribution in [3.63, 3.8) is 0 Å². The minimum Gasteiger partial charge on any atom is -0.389 e. The van der Waals surface area contributed by atoms with Crippen molar-refractivity contribution in [3.05, 3.63) is 23.4 Å². The van der Waals surface area contributed by atoms with Crippen molar-refractivity contribution in [1.29, 1.82) is 0 Å². The maximum atomic E-state index is 5.71. The molecule has 5 nitrogen and oxygen atoms in total. The van der Waals surface area contributed by atoms with Crippen molar-refractivity contribution in [3.8, 4) is 0 Å². The Morgan fingerprint density at radius 2 is 2.42 bits per heavy atom. The molecule has 0 bridgehead atoms. The van der Waals surface area contributed by atoms with Crippen LogP contribution in [0.4, 0.5) is 5.82 Å². The summed E-state index contributed by atoms with van der Waals surface area (Å²) >= 11 is 5.04. The van der Waals surface area contributed by atoms with Gasteiger partial charge in [-0.05, 0) is 19.1 Å². The fourth-order valence-electron chi connectivity index (χ4n) is 2.10. The number of rotatable bonds is 5. The van der Waals surface area contributed by atoms with Gasteiger partial charge in [-0.2, -0.15) is 0 Å². The molecule has 104 valence electrons. The number of hydrogen-bond acceptors (Lipinski definition) is 5. The Kier molecular flexibility index (Phi) is 4.34. The van der Waals surface area contributed by atoms with Crippen LogP contribution in [0.15, 0.2) is 12.1 Å². The number of nitrogens with zero attached hydrogens (tertiary/aromatic N) is 1. The summed E-state index contributed by atoms with van der Waals surface area (Å²) in [6, 6.07) is 3.78. The van der Waals surface area contributed by atoms with Crippen LogP contribution in [0, 0.1) is 6.92 Å². The molecule has 1 fully saturated rings. The third kappa shape index (κ3) is 3.20. The van der Waals surface area contributed by atoms with Crippen LogP contribution in [0.1, 0.15) is 17.7 Å². The first kappa shape index (κ1) is 14.2. The van der Waals surface area contributed by atoms with E-state index < -0.39 is 0 Å². The van der Waals surface area contributed by atoms with Gasteiger partial charge >= 0.3 is 0 Å². The number of thiocarbonyl (C=S) groups is 1. The van der Waals surface area contributed by atoms with Gasteiger partial charge in [0.05, 0.1) is 12.2 Å². The second kappa shape index (κ2) is 5.81. The molecule has 0 radical (unpaired) electrons. The number of anilines is 1. The van der Waals surface area contributed by atoms with Crippen molar-refractivity contribution in [2.45, 2.75) is 18.9 Å². The van der Waals surface area contributed by atoms with Gasteiger partial charge in [0.1, 0.15) is 16.4 Å². The van der Waals surface area contributed by atoms with Crippen molar-refractivity contribution in [2.24, 2.45) is 5.73 Å². The van der Waals surface area contributed by atoms with E-state index >= 15 is 0 Å². The van der Waals surface area contributed by atoms with E-state index in [9.17, 15) is 0 Å². The quantitative estimate of drug-likeness (QED) is 0.792. The van der Waals surface area contributed by atoms with Crippen LogP contribution in [0.2, 0.25) is 0 Å². The van der Waals surface area contributed by atoms with Gasteiger partial charge in [0.25, 0.3) is 0 Å². The Morgan fingerprint density at radius 3 is 3.00 bits per heavy atom. The molecule has 0 spiro atoms. The highest BCUT2D eigenvalue weighted by atomic mass is 32.1. The Balaban J connectivity index is 2.14. The molecular weight excluding hydrogens is 262 g/mol. The SMILES string of the molecule is COC1(CNc2nc(C)ccc2C(N)=S)CCOC1.